The fraction of sp³-hybridized carbons (Fsp3) is 0.455. The van der Waals surface area contributed by atoms with Crippen LogP contribution in [0.2, 0.25) is 0 Å². The Bertz CT molecular complexity index is 498. The van der Waals surface area contributed by atoms with E-state index in [0.29, 0.717) is 6.54 Å². The summed E-state index contributed by atoms with van der Waals surface area (Å²) in [4.78, 5) is 0. The summed E-state index contributed by atoms with van der Waals surface area (Å²) >= 11 is 0. The molecule has 5 heteroatoms. The zero-order valence-corrected chi connectivity index (χ0v) is 10.0. The van der Waals surface area contributed by atoms with Gasteiger partial charge < -0.3 is 9.84 Å². The number of hydrogen-bond acceptors (Lipinski definition) is 4. The molecule has 0 unspecified atom stereocenters. The number of rotatable bonds is 3. The van der Waals surface area contributed by atoms with E-state index in [9.17, 15) is 0 Å². The second-order valence-corrected chi connectivity index (χ2v) is 3.88. The SMILES string of the molecule is CNCc1cc(-c2c(C)nn(C)c2C)on1. The standard InChI is InChI=1S/C11H16N4O/c1-7-11(8(2)15(4)13-7)10-5-9(6-12-3)14-16-10/h5,12H,6H2,1-4H3. The Morgan fingerprint density at radius 3 is 2.75 bits per heavy atom. The summed E-state index contributed by atoms with van der Waals surface area (Å²) in [5, 5.41) is 11.4. The zero-order chi connectivity index (χ0) is 11.7. The first-order valence-electron chi connectivity index (χ1n) is 5.24. The summed E-state index contributed by atoms with van der Waals surface area (Å²) in [6, 6.07) is 1.95. The third-order valence-corrected chi connectivity index (χ3v) is 2.67. The fourth-order valence-electron chi connectivity index (χ4n) is 1.82. The van der Waals surface area contributed by atoms with Crippen molar-refractivity contribution in [1.82, 2.24) is 20.3 Å². The number of aryl methyl sites for hydroxylation is 2. The van der Waals surface area contributed by atoms with E-state index >= 15 is 0 Å². The molecule has 16 heavy (non-hydrogen) atoms. The van der Waals surface area contributed by atoms with Gasteiger partial charge in [0.15, 0.2) is 5.76 Å². The Labute approximate surface area is 94.4 Å². The Morgan fingerprint density at radius 2 is 2.19 bits per heavy atom. The van der Waals surface area contributed by atoms with E-state index in [4.69, 9.17) is 4.52 Å². The summed E-state index contributed by atoms with van der Waals surface area (Å²) in [6.45, 7) is 4.71. The van der Waals surface area contributed by atoms with Crippen molar-refractivity contribution in [1.29, 1.82) is 0 Å². The Morgan fingerprint density at radius 1 is 1.44 bits per heavy atom. The summed E-state index contributed by atoms with van der Waals surface area (Å²) in [5.74, 6) is 0.786. The van der Waals surface area contributed by atoms with Gasteiger partial charge >= 0.3 is 0 Å². The van der Waals surface area contributed by atoms with E-state index in [1.165, 1.54) is 0 Å². The van der Waals surface area contributed by atoms with Gasteiger partial charge in [-0.25, -0.2) is 0 Å². The number of nitrogens with zero attached hydrogens (tertiary/aromatic N) is 3. The lowest BCUT2D eigenvalue weighted by atomic mass is 10.1. The predicted octanol–water partition coefficient (Wildman–Crippen LogP) is 1.41. The first kappa shape index (κ1) is 10.9. The van der Waals surface area contributed by atoms with Crippen LogP contribution in [0.1, 0.15) is 17.1 Å². The highest BCUT2D eigenvalue weighted by atomic mass is 16.5. The molecule has 0 saturated carbocycles. The Hall–Kier alpha value is -1.62. The van der Waals surface area contributed by atoms with Crippen LogP contribution in [0.25, 0.3) is 11.3 Å². The highest BCUT2D eigenvalue weighted by Crippen LogP contribution is 2.26. The molecule has 1 N–H and O–H groups in total. The highest BCUT2D eigenvalue weighted by molar-refractivity contribution is 5.63. The van der Waals surface area contributed by atoms with Gasteiger partial charge in [-0.05, 0) is 20.9 Å². The van der Waals surface area contributed by atoms with E-state index in [-0.39, 0.29) is 0 Å². The molecule has 0 spiro atoms. The lowest BCUT2D eigenvalue weighted by Crippen LogP contribution is -2.04. The van der Waals surface area contributed by atoms with Crippen molar-refractivity contribution in [3.63, 3.8) is 0 Å². The molecule has 0 saturated heterocycles. The molecule has 2 heterocycles. The summed E-state index contributed by atoms with van der Waals surface area (Å²) in [5.41, 5.74) is 3.99. The Kier molecular flexibility index (Phi) is 2.78. The molecule has 0 atom stereocenters. The van der Waals surface area contributed by atoms with Crippen molar-refractivity contribution in [2.24, 2.45) is 7.05 Å². The molecule has 0 aliphatic rings. The van der Waals surface area contributed by atoms with Crippen LogP contribution >= 0.6 is 0 Å². The van der Waals surface area contributed by atoms with Gasteiger partial charge in [-0.3, -0.25) is 4.68 Å². The van der Waals surface area contributed by atoms with Crippen LogP contribution < -0.4 is 5.32 Å². The first-order valence-corrected chi connectivity index (χ1v) is 5.24. The monoisotopic (exact) mass is 220 g/mol. The fourth-order valence-corrected chi connectivity index (χ4v) is 1.82. The second-order valence-electron chi connectivity index (χ2n) is 3.88. The minimum atomic E-state index is 0.710. The molecule has 2 rings (SSSR count). The van der Waals surface area contributed by atoms with Crippen LogP contribution in [-0.4, -0.2) is 22.0 Å². The maximum Gasteiger partial charge on any atom is 0.170 e. The van der Waals surface area contributed by atoms with Crippen molar-refractivity contribution in [2.75, 3.05) is 7.05 Å². The minimum absolute atomic E-state index is 0.710. The van der Waals surface area contributed by atoms with Gasteiger partial charge in [0, 0.05) is 25.4 Å². The molecule has 0 amide bonds. The molecule has 2 aromatic heterocycles. The minimum Gasteiger partial charge on any atom is -0.356 e. The molecule has 0 aromatic carbocycles. The molecule has 0 aliphatic heterocycles. The third kappa shape index (κ3) is 1.74. The average molecular weight is 220 g/mol. The van der Waals surface area contributed by atoms with Crippen molar-refractivity contribution >= 4 is 0 Å². The van der Waals surface area contributed by atoms with Gasteiger partial charge in [0.05, 0.1) is 17.0 Å². The summed E-state index contributed by atoms with van der Waals surface area (Å²) < 4.78 is 7.19. The first-order chi connectivity index (χ1) is 7.63. The van der Waals surface area contributed by atoms with Crippen molar-refractivity contribution < 1.29 is 4.52 Å². The van der Waals surface area contributed by atoms with Gasteiger partial charge in [0.25, 0.3) is 0 Å². The van der Waals surface area contributed by atoms with Crippen molar-refractivity contribution in [2.45, 2.75) is 20.4 Å². The average Bonchev–Trinajstić information content (AvgIpc) is 2.75. The lowest BCUT2D eigenvalue weighted by Gasteiger charge is -1.95. The maximum atomic E-state index is 5.33. The van der Waals surface area contributed by atoms with Crippen LogP contribution in [0, 0.1) is 13.8 Å². The Balaban J connectivity index is 2.42. The van der Waals surface area contributed by atoms with E-state index in [1.54, 1.807) is 0 Å². The zero-order valence-electron chi connectivity index (χ0n) is 10.0. The number of nitrogens with one attached hydrogen (secondary N) is 1. The summed E-state index contributed by atoms with van der Waals surface area (Å²) in [6.07, 6.45) is 0. The van der Waals surface area contributed by atoms with Gasteiger partial charge in [0.2, 0.25) is 0 Å². The smallest absolute Gasteiger partial charge is 0.170 e. The second kappa shape index (κ2) is 4.09. The van der Waals surface area contributed by atoms with E-state index in [2.05, 4.69) is 15.6 Å². The summed E-state index contributed by atoms with van der Waals surface area (Å²) in [7, 11) is 3.81. The van der Waals surface area contributed by atoms with Crippen LogP contribution in [-0.2, 0) is 13.6 Å². The molecule has 0 aliphatic carbocycles. The highest BCUT2D eigenvalue weighted by Gasteiger charge is 2.15. The van der Waals surface area contributed by atoms with Crippen LogP contribution in [0.5, 0.6) is 0 Å². The van der Waals surface area contributed by atoms with E-state index in [0.717, 1.165) is 28.4 Å². The topological polar surface area (TPSA) is 55.9 Å². The van der Waals surface area contributed by atoms with Gasteiger partial charge in [-0.2, -0.15) is 5.10 Å². The molecular weight excluding hydrogens is 204 g/mol. The molecule has 5 nitrogen and oxygen atoms in total. The number of aromatic nitrogens is 3. The van der Waals surface area contributed by atoms with Crippen molar-refractivity contribution in [3.05, 3.63) is 23.1 Å². The largest absolute Gasteiger partial charge is 0.356 e. The molecule has 0 bridgehead atoms. The van der Waals surface area contributed by atoms with Crippen LogP contribution in [0.4, 0.5) is 0 Å². The third-order valence-electron chi connectivity index (χ3n) is 2.67. The molecule has 0 radical (unpaired) electrons. The molecule has 86 valence electrons. The van der Waals surface area contributed by atoms with Gasteiger partial charge in [-0.15, -0.1) is 0 Å². The van der Waals surface area contributed by atoms with Gasteiger partial charge in [-0.1, -0.05) is 5.16 Å². The maximum absolute atomic E-state index is 5.33. The predicted molar refractivity (Wildman–Crippen MR) is 60.9 cm³/mol. The molecule has 0 fully saturated rings. The van der Waals surface area contributed by atoms with Crippen LogP contribution in [0.3, 0.4) is 0 Å². The van der Waals surface area contributed by atoms with Gasteiger partial charge in [0.1, 0.15) is 0 Å². The quantitative estimate of drug-likeness (QED) is 0.849. The van der Waals surface area contributed by atoms with E-state index in [1.807, 2.05) is 38.7 Å². The lowest BCUT2D eigenvalue weighted by molar-refractivity contribution is 0.421. The number of hydrogen-bond donors (Lipinski definition) is 1. The van der Waals surface area contributed by atoms with E-state index < -0.39 is 0 Å². The molecular formula is C11H16N4O. The normalized spacial score (nSPS) is 11.0. The molecule has 2 aromatic rings. The van der Waals surface area contributed by atoms with Crippen LogP contribution in [0.15, 0.2) is 10.6 Å². The van der Waals surface area contributed by atoms with Crippen molar-refractivity contribution in [3.8, 4) is 11.3 Å².